The molecule has 2 nitrogen and oxygen atoms in total. The van der Waals surface area contributed by atoms with E-state index in [-0.39, 0.29) is 6.61 Å². The summed E-state index contributed by atoms with van der Waals surface area (Å²) in [5.74, 6) is 0. The number of unbranched alkanes of at least 4 members (excludes halogenated alkanes) is 1. The molecule has 0 fully saturated rings. The lowest BCUT2D eigenvalue weighted by atomic mass is 10.1. The predicted octanol–water partition coefficient (Wildman–Crippen LogP) is 3.56. The van der Waals surface area contributed by atoms with Gasteiger partial charge < -0.3 is 10.4 Å². The van der Waals surface area contributed by atoms with Crippen LogP contribution in [-0.4, -0.2) is 11.1 Å². The van der Waals surface area contributed by atoms with Crippen LogP contribution in [0.2, 0.25) is 0 Å². The van der Waals surface area contributed by atoms with Crippen LogP contribution in [0.5, 0.6) is 0 Å². The predicted molar refractivity (Wildman–Crippen MR) is 69.6 cm³/mol. The van der Waals surface area contributed by atoms with Gasteiger partial charge >= 0.3 is 0 Å². The molecule has 0 saturated heterocycles. The fourth-order valence-corrected chi connectivity index (χ4v) is 1.85. The maximum atomic E-state index is 9.24. The summed E-state index contributed by atoms with van der Waals surface area (Å²) in [6.45, 7) is 4.52. The molecule has 90 valence electrons. The van der Waals surface area contributed by atoms with Crippen molar-refractivity contribution < 1.29 is 5.11 Å². The summed E-state index contributed by atoms with van der Waals surface area (Å²) in [4.78, 5) is 0. The number of para-hydroxylation sites is 1. The topological polar surface area (TPSA) is 32.3 Å². The Morgan fingerprint density at radius 1 is 1.25 bits per heavy atom. The van der Waals surface area contributed by atoms with Gasteiger partial charge in [-0.25, -0.2) is 0 Å². The zero-order chi connectivity index (χ0) is 11.8. The first-order chi connectivity index (χ1) is 7.81. The summed E-state index contributed by atoms with van der Waals surface area (Å²) >= 11 is 0. The van der Waals surface area contributed by atoms with Crippen molar-refractivity contribution in [3.8, 4) is 0 Å². The Bertz CT molecular complexity index is 299. The van der Waals surface area contributed by atoms with Crippen LogP contribution in [0.25, 0.3) is 0 Å². The van der Waals surface area contributed by atoms with Crippen molar-refractivity contribution >= 4 is 5.69 Å². The van der Waals surface area contributed by atoms with Crippen LogP contribution >= 0.6 is 0 Å². The molecule has 0 radical (unpaired) electrons. The second-order valence-corrected chi connectivity index (χ2v) is 4.21. The van der Waals surface area contributed by atoms with Crippen molar-refractivity contribution in [3.63, 3.8) is 0 Å². The van der Waals surface area contributed by atoms with Crippen molar-refractivity contribution in [2.75, 3.05) is 5.32 Å². The van der Waals surface area contributed by atoms with E-state index in [4.69, 9.17) is 0 Å². The molecule has 2 N–H and O–H groups in total. The van der Waals surface area contributed by atoms with Crippen LogP contribution in [0.3, 0.4) is 0 Å². The molecule has 1 atom stereocenters. The molecule has 1 rings (SSSR count). The van der Waals surface area contributed by atoms with Gasteiger partial charge in [0.05, 0.1) is 6.61 Å². The maximum absolute atomic E-state index is 9.24. The van der Waals surface area contributed by atoms with Crippen molar-refractivity contribution in [1.82, 2.24) is 0 Å². The van der Waals surface area contributed by atoms with E-state index in [1.807, 2.05) is 24.3 Å². The first-order valence-corrected chi connectivity index (χ1v) is 6.27. The molecule has 0 aromatic heterocycles. The molecule has 0 aliphatic heterocycles. The molecule has 0 heterocycles. The molecule has 0 aliphatic carbocycles. The molecule has 1 aromatic carbocycles. The molecule has 0 aliphatic rings. The molecule has 16 heavy (non-hydrogen) atoms. The van der Waals surface area contributed by atoms with E-state index in [9.17, 15) is 5.11 Å². The van der Waals surface area contributed by atoms with E-state index in [1.165, 1.54) is 19.3 Å². The molecule has 0 spiro atoms. The highest BCUT2D eigenvalue weighted by Gasteiger charge is 2.07. The van der Waals surface area contributed by atoms with Crippen molar-refractivity contribution in [1.29, 1.82) is 0 Å². The summed E-state index contributed by atoms with van der Waals surface area (Å²) in [7, 11) is 0. The average molecular weight is 221 g/mol. The van der Waals surface area contributed by atoms with E-state index >= 15 is 0 Å². The molecule has 1 unspecified atom stereocenters. The lowest BCUT2D eigenvalue weighted by molar-refractivity contribution is 0.282. The number of hydrogen-bond donors (Lipinski definition) is 2. The van der Waals surface area contributed by atoms with E-state index < -0.39 is 0 Å². The Morgan fingerprint density at radius 3 is 2.62 bits per heavy atom. The second-order valence-electron chi connectivity index (χ2n) is 4.21. The van der Waals surface area contributed by atoms with Crippen LogP contribution in [0, 0.1) is 0 Å². The number of nitrogens with one attached hydrogen (secondary N) is 1. The molecular weight excluding hydrogens is 198 g/mol. The summed E-state index contributed by atoms with van der Waals surface area (Å²) in [6.07, 6.45) is 4.82. The quantitative estimate of drug-likeness (QED) is 0.738. The van der Waals surface area contributed by atoms with Gasteiger partial charge in [-0.2, -0.15) is 0 Å². The lowest BCUT2D eigenvalue weighted by Gasteiger charge is -2.19. The summed E-state index contributed by atoms with van der Waals surface area (Å²) < 4.78 is 0. The Morgan fingerprint density at radius 2 is 2.00 bits per heavy atom. The standard InChI is InChI=1S/C14H23NO/c1-3-5-9-13(4-2)15-14-10-7-6-8-12(14)11-16/h6-8,10,13,15-16H,3-5,9,11H2,1-2H3. The van der Waals surface area contributed by atoms with Gasteiger partial charge in [0.2, 0.25) is 0 Å². The molecule has 0 saturated carbocycles. The van der Waals surface area contributed by atoms with Gasteiger partial charge in [-0.3, -0.25) is 0 Å². The normalized spacial score (nSPS) is 12.4. The van der Waals surface area contributed by atoms with Gasteiger partial charge in [0, 0.05) is 17.3 Å². The molecule has 0 bridgehead atoms. The monoisotopic (exact) mass is 221 g/mol. The molecule has 2 heteroatoms. The van der Waals surface area contributed by atoms with Crippen LogP contribution in [0.1, 0.15) is 45.1 Å². The fourth-order valence-electron chi connectivity index (χ4n) is 1.85. The number of aliphatic hydroxyl groups is 1. The fraction of sp³-hybridized carbons (Fsp3) is 0.571. The van der Waals surface area contributed by atoms with E-state index in [0.717, 1.165) is 17.7 Å². The number of aliphatic hydroxyl groups excluding tert-OH is 1. The number of rotatable bonds is 7. The SMILES string of the molecule is CCCCC(CC)Nc1ccccc1CO. The highest BCUT2D eigenvalue weighted by molar-refractivity contribution is 5.51. The number of anilines is 1. The van der Waals surface area contributed by atoms with Crippen molar-refractivity contribution in [2.45, 2.75) is 52.2 Å². The summed E-state index contributed by atoms with van der Waals surface area (Å²) in [5, 5.41) is 12.8. The van der Waals surface area contributed by atoms with E-state index in [2.05, 4.69) is 19.2 Å². The van der Waals surface area contributed by atoms with E-state index in [0.29, 0.717) is 6.04 Å². The van der Waals surface area contributed by atoms with Gasteiger partial charge in [-0.05, 0) is 18.9 Å². The van der Waals surface area contributed by atoms with Gasteiger partial charge in [0.15, 0.2) is 0 Å². The van der Waals surface area contributed by atoms with Gasteiger partial charge in [0.1, 0.15) is 0 Å². The zero-order valence-electron chi connectivity index (χ0n) is 10.4. The summed E-state index contributed by atoms with van der Waals surface area (Å²) in [5.41, 5.74) is 2.06. The third-order valence-electron chi connectivity index (χ3n) is 2.95. The second kappa shape index (κ2) is 7.29. The largest absolute Gasteiger partial charge is 0.392 e. The third-order valence-corrected chi connectivity index (χ3v) is 2.95. The zero-order valence-corrected chi connectivity index (χ0v) is 10.4. The molecular formula is C14H23NO. The minimum Gasteiger partial charge on any atom is -0.392 e. The minimum absolute atomic E-state index is 0.105. The van der Waals surface area contributed by atoms with Gasteiger partial charge in [0.25, 0.3) is 0 Å². The van der Waals surface area contributed by atoms with Gasteiger partial charge in [-0.1, -0.05) is 44.9 Å². The minimum atomic E-state index is 0.105. The molecule has 0 amide bonds. The third kappa shape index (κ3) is 3.86. The Hall–Kier alpha value is -1.02. The highest BCUT2D eigenvalue weighted by atomic mass is 16.3. The van der Waals surface area contributed by atoms with Crippen molar-refractivity contribution in [3.05, 3.63) is 29.8 Å². The first-order valence-electron chi connectivity index (χ1n) is 6.27. The molecule has 1 aromatic rings. The summed E-state index contributed by atoms with van der Waals surface area (Å²) in [6, 6.07) is 8.50. The number of hydrogen-bond acceptors (Lipinski definition) is 2. The average Bonchev–Trinajstić information content (AvgIpc) is 2.34. The lowest BCUT2D eigenvalue weighted by Crippen LogP contribution is -2.19. The van der Waals surface area contributed by atoms with Crippen LogP contribution in [-0.2, 0) is 6.61 Å². The van der Waals surface area contributed by atoms with E-state index in [1.54, 1.807) is 0 Å². The van der Waals surface area contributed by atoms with Crippen LogP contribution in [0.15, 0.2) is 24.3 Å². The van der Waals surface area contributed by atoms with Crippen LogP contribution in [0.4, 0.5) is 5.69 Å². The smallest absolute Gasteiger partial charge is 0.0701 e. The van der Waals surface area contributed by atoms with Gasteiger partial charge in [-0.15, -0.1) is 0 Å². The maximum Gasteiger partial charge on any atom is 0.0701 e. The Balaban J connectivity index is 2.62. The number of benzene rings is 1. The Labute approximate surface area is 98.7 Å². The van der Waals surface area contributed by atoms with Crippen LogP contribution < -0.4 is 5.32 Å². The Kier molecular flexibility index (Phi) is 5.94. The highest BCUT2D eigenvalue weighted by Crippen LogP contribution is 2.18. The first kappa shape index (κ1) is 13.0. The van der Waals surface area contributed by atoms with Crippen molar-refractivity contribution in [2.24, 2.45) is 0 Å².